The van der Waals surface area contributed by atoms with Gasteiger partial charge in [0.15, 0.2) is 0 Å². The van der Waals surface area contributed by atoms with E-state index in [9.17, 15) is 9.90 Å². The summed E-state index contributed by atoms with van der Waals surface area (Å²) in [6.07, 6.45) is 0.406. The van der Waals surface area contributed by atoms with Gasteiger partial charge in [0.2, 0.25) is 5.91 Å². The molecule has 0 saturated carbocycles. The van der Waals surface area contributed by atoms with Crippen LogP contribution in [0.5, 0.6) is 5.75 Å². The number of methoxy groups -OCH3 is 1. The predicted octanol–water partition coefficient (Wildman–Crippen LogP) is 2.96. The molecule has 0 aromatic heterocycles. The Morgan fingerprint density at radius 2 is 2.08 bits per heavy atom. The smallest absolute Gasteiger partial charge is 0.221 e. The van der Waals surface area contributed by atoms with Gasteiger partial charge in [0.05, 0.1) is 19.3 Å². The summed E-state index contributed by atoms with van der Waals surface area (Å²) < 4.78 is 5.24. The molecular formula is C20H23NO3. The van der Waals surface area contributed by atoms with Crippen LogP contribution in [-0.4, -0.2) is 24.2 Å². The summed E-state index contributed by atoms with van der Waals surface area (Å²) in [5.41, 5.74) is 3.19. The number of carbonyl (C=O) groups excluding carboxylic acids is 1. The summed E-state index contributed by atoms with van der Waals surface area (Å²) in [5.74, 6) is 0.819. The number of ether oxygens (including phenoxy) is 1. The lowest BCUT2D eigenvalue weighted by Crippen LogP contribution is -2.34. The lowest BCUT2D eigenvalue weighted by atomic mass is 9.97. The Bertz CT molecular complexity index is 728. The molecule has 0 fully saturated rings. The van der Waals surface area contributed by atoms with Crippen molar-refractivity contribution in [2.24, 2.45) is 0 Å². The van der Waals surface area contributed by atoms with Crippen molar-refractivity contribution in [1.82, 2.24) is 5.32 Å². The zero-order valence-corrected chi connectivity index (χ0v) is 14.0. The first kappa shape index (κ1) is 16.5. The molecule has 126 valence electrons. The number of benzene rings is 2. The van der Waals surface area contributed by atoms with E-state index in [1.165, 1.54) is 0 Å². The van der Waals surface area contributed by atoms with Gasteiger partial charge in [0, 0.05) is 12.8 Å². The van der Waals surface area contributed by atoms with Crippen LogP contribution in [0.1, 0.15) is 42.0 Å². The first-order valence-electron chi connectivity index (χ1n) is 8.27. The Morgan fingerprint density at radius 3 is 2.88 bits per heavy atom. The van der Waals surface area contributed by atoms with Crippen molar-refractivity contribution in [2.75, 3.05) is 7.11 Å². The van der Waals surface area contributed by atoms with E-state index in [2.05, 4.69) is 5.32 Å². The lowest BCUT2D eigenvalue weighted by molar-refractivity contribution is -0.122. The van der Waals surface area contributed by atoms with Gasteiger partial charge < -0.3 is 15.2 Å². The molecule has 2 aromatic carbocycles. The van der Waals surface area contributed by atoms with Crippen LogP contribution in [0.25, 0.3) is 0 Å². The number of nitrogens with one attached hydrogen (secondary N) is 1. The van der Waals surface area contributed by atoms with Crippen LogP contribution in [0, 0.1) is 0 Å². The molecule has 1 aliphatic rings. The normalized spacial score (nSPS) is 20.3. The Labute approximate surface area is 142 Å². The van der Waals surface area contributed by atoms with Crippen LogP contribution >= 0.6 is 0 Å². The Hall–Kier alpha value is -2.33. The molecule has 1 amide bonds. The average Bonchev–Trinajstić information content (AvgIpc) is 2.90. The zero-order valence-electron chi connectivity index (χ0n) is 14.0. The summed E-state index contributed by atoms with van der Waals surface area (Å²) in [5, 5.41) is 13.2. The molecule has 0 bridgehead atoms. The Kier molecular flexibility index (Phi) is 4.86. The zero-order chi connectivity index (χ0) is 17.1. The first-order chi connectivity index (χ1) is 11.6. The molecule has 3 atom stereocenters. The molecule has 0 aliphatic heterocycles. The van der Waals surface area contributed by atoms with Gasteiger partial charge in [-0.3, -0.25) is 4.79 Å². The summed E-state index contributed by atoms with van der Waals surface area (Å²) >= 11 is 0. The summed E-state index contributed by atoms with van der Waals surface area (Å²) in [6.45, 7) is 2.02. The van der Waals surface area contributed by atoms with Crippen LogP contribution in [0.15, 0.2) is 48.5 Å². The summed E-state index contributed by atoms with van der Waals surface area (Å²) in [6, 6.07) is 15.3. The molecular weight excluding hydrogens is 302 g/mol. The van der Waals surface area contributed by atoms with Gasteiger partial charge in [-0.1, -0.05) is 43.3 Å². The third-order valence-corrected chi connectivity index (χ3v) is 4.67. The van der Waals surface area contributed by atoms with Crippen molar-refractivity contribution >= 4 is 5.91 Å². The largest absolute Gasteiger partial charge is 0.497 e. The fourth-order valence-corrected chi connectivity index (χ4v) is 3.32. The van der Waals surface area contributed by atoms with Crippen molar-refractivity contribution < 1.29 is 14.6 Å². The standard InChI is InChI=1S/C20H23NO3/c1-13(14-7-5-8-16(11-14)24-2)10-19(23)21-20-17-9-4-3-6-15(17)12-18(20)22/h3-9,11,13,18,20,22H,10,12H2,1-2H3,(H,21,23). The number of amides is 1. The molecule has 2 N–H and O–H groups in total. The second-order valence-corrected chi connectivity index (χ2v) is 6.40. The van der Waals surface area contributed by atoms with Gasteiger partial charge in [-0.05, 0) is 34.7 Å². The van der Waals surface area contributed by atoms with Crippen LogP contribution in [0.2, 0.25) is 0 Å². The van der Waals surface area contributed by atoms with E-state index in [4.69, 9.17) is 4.74 Å². The van der Waals surface area contributed by atoms with Gasteiger partial charge in [-0.2, -0.15) is 0 Å². The van der Waals surface area contributed by atoms with E-state index < -0.39 is 6.10 Å². The minimum atomic E-state index is -0.557. The van der Waals surface area contributed by atoms with Crippen molar-refractivity contribution in [2.45, 2.75) is 37.8 Å². The lowest BCUT2D eigenvalue weighted by Gasteiger charge is -2.20. The van der Waals surface area contributed by atoms with Crippen molar-refractivity contribution in [3.8, 4) is 5.75 Å². The molecule has 4 nitrogen and oxygen atoms in total. The average molecular weight is 325 g/mol. The van der Waals surface area contributed by atoms with Crippen LogP contribution < -0.4 is 10.1 Å². The van der Waals surface area contributed by atoms with E-state index in [0.29, 0.717) is 12.8 Å². The van der Waals surface area contributed by atoms with E-state index in [1.807, 2.05) is 55.5 Å². The minimum absolute atomic E-state index is 0.0499. The fraction of sp³-hybridized carbons (Fsp3) is 0.350. The van der Waals surface area contributed by atoms with Gasteiger partial charge in [0.25, 0.3) is 0 Å². The minimum Gasteiger partial charge on any atom is -0.497 e. The highest BCUT2D eigenvalue weighted by atomic mass is 16.5. The van der Waals surface area contributed by atoms with Crippen LogP contribution in [0.3, 0.4) is 0 Å². The summed E-state index contributed by atoms with van der Waals surface area (Å²) in [7, 11) is 1.63. The van der Waals surface area contributed by atoms with Gasteiger partial charge >= 0.3 is 0 Å². The number of fused-ring (bicyclic) bond motifs is 1. The van der Waals surface area contributed by atoms with Gasteiger partial charge in [0.1, 0.15) is 5.75 Å². The quantitative estimate of drug-likeness (QED) is 0.888. The predicted molar refractivity (Wildman–Crippen MR) is 93.1 cm³/mol. The van der Waals surface area contributed by atoms with E-state index in [0.717, 1.165) is 22.4 Å². The molecule has 0 saturated heterocycles. The highest BCUT2D eigenvalue weighted by Crippen LogP contribution is 2.31. The SMILES string of the molecule is COc1cccc(C(C)CC(=O)NC2c3ccccc3CC2O)c1. The molecule has 0 spiro atoms. The maximum atomic E-state index is 12.4. The van der Waals surface area contributed by atoms with E-state index >= 15 is 0 Å². The number of hydrogen-bond acceptors (Lipinski definition) is 3. The third kappa shape index (κ3) is 3.44. The highest BCUT2D eigenvalue weighted by Gasteiger charge is 2.32. The molecule has 2 aromatic rings. The molecule has 4 heteroatoms. The maximum absolute atomic E-state index is 12.4. The first-order valence-corrected chi connectivity index (χ1v) is 8.27. The Balaban J connectivity index is 1.65. The highest BCUT2D eigenvalue weighted by molar-refractivity contribution is 5.77. The van der Waals surface area contributed by atoms with Crippen molar-refractivity contribution in [3.63, 3.8) is 0 Å². The topological polar surface area (TPSA) is 58.6 Å². The maximum Gasteiger partial charge on any atom is 0.221 e. The molecule has 0 heterocycles. The second-order valence-electron chi connectivity index (χ2n) is 6.40. The fourth-order valence-electron chi connectivity index (χ4n) is 3.32. The number of carbonyl (C=O) groups is 1. The van der Waals surface area contributed by atoms with Crippen LogP contribution in [0.4, 0.5) is 0 Å². The van der Waals surface area contributed by atoms with Crippen LogP contribution in [-0.2, 0) is 11.2 Å². The number of aliphatic hydroxyl groups excluding tert-OH is 1. The number of aliphatic hydroxyl groups is 1. The van der Waals surface area contributed by atoms with E-state index in [1.54, 1.807) is 7.11 Å². The molecule has 0 radical (unpaired) electrons. The molecule has 3 unspecified atom stereocenters. The molecule has 3 rings (SSSR count). The molecule has 1 aliphatic carbocycles. The second kappa shape index (κ2) is 7.05. The third-order valence-electron chi connectivity index (χ3n) is 4.67. The Morgan fingerprint density at radius 1 is 1.29 bits per heavy atom. The number of hydrogen-bond donors (Lipinski definition) is 2. The van der Waals surface area contributed by atoms with Gasteiger partial charge in [-0.25, -0.2) is 0 Å². The molecule has 24 heavy (non-hydrogen) atoms. The van der Waals surface area contributed by atoms with E-state index in [-0.39, 0.29) is 17.9 Å². The van der Waals surface area contributed by atoms with Gasteiger partial charge in [-0.15, -0.1) is 0 Å². The number of rotatable bonds is 5. The van der Waals surface area contributed by atoms with Crippen molar-refractivity contribution in [3.05, 3.63) is 65.2 Å². The van der Waals surface area contributed by atoms with Crippen molar-refractivity contribution in [1.29, 1.82) is 0 Å². The summed E-state index contributed by atoms with van der Waals surface area (Å²) in [4.78, 5) is 12.4. The monoisotopic (exact) mass is 325 g/mol.